The molecular weight excluding hydrogens is 341 g/mol. The minimum Gasteiger partial charge on any atom is -0.497 e. The molecule has 2 aliphatic carbocycles. The number of hydrogen-bond acceptors (Lipinski definition) is 2. The highest BCUT2D eigenvalue weighted by molar-refractivity contribution is 5.53. The molecule has 0 saturated heterocycles. The minimum atomic E-state index is -1.48. The molecule has 2 saturated carbocycles. The second-order valence-corrected chi connectivity index (χ2v) is 7.74. The second kappa shape index (κ2) is 9.98. The van der Waals surface area contributed by atoms with Crippen LogP contribution in [0.15, 0.2) is 12.1 Å². The van der Waals surface area contributed by atoms with Gasteiger partial charge in [0.05, 0.1) is 7.11 Å². The Bertz CT molecular complexity index is 552. The first-order chi connectivity index (χ1) is 12.4. The summed E-state index contributed by atoms with van der Waals surface area (Å²) < 4.78 is 41.4. The molecule has 0 amide bonds. The van der Waals surface area contributed by atoms with Crippen molar-refractivity contribution in [3.05, 3.63) is 29.6 Å². The van der Waals surface area contributed by atoms with Gasteiger partial charge in [-0.2, -0.15) is 0 Å². The van der Waals surface area contributed by atoms with E-state index in [1.165, 1.54) is 64.8 Å². The van der Waals surface area contributed by atoms with Crippen molar-refractivity contribution in [1.29, 1.82) is 0 Å². The number of methoxy groups -OCH3 is 1. The lowest BCUT2D eigenvalue weighted by molar-refractivity contribution is -0.112. The molecule has 0 spiro atoms. The van der Waals surface area contributed by atoms with Gasteiger partial charge in [0.2, 0.25) is 0 Å². The minimum absolute atomic E-state index is 0.0404. The highest BCUT2D eigenvalue weighted by atomic mass is 19.2. The monoisotopic (exact) mass is 370 g/mol. The zero-order chi connectivity index (χ0) is 19.1. The lowest BCUT2D eigenvalue weighted by atomic mass is 9.70. The molecule has 1 aromatic rings. The van der Waals surface area contributed by atoms with Gasteiger partial charge in [-0.05, 0) is 56.3 Å². The summed E-state index contributed by atoms with van der Waals surface area (Å²) in [5.74, 6) is -0.713. The number of halogens is 3. The molecule has 3 rings (SSSR count). The molecule has 0 atom stereocenters. The highest BCUT2D eigenvalue weighted by Crippen LogP contribution is 2.40. The fourth-order valence-corrected chi connectivity index (χ4v) is 4.16. The van der Waals surface area contributed by atoms with Crippen molar-refractivity contribution in [2.75, 3.05) is 7.11 Å². The SMILES string of the molecule is CC1CCC(C2CCC(C=O)CC2)CC1.COc1cc(F)c(F)c(F)c1. The van der Waals surface area contributed by atoms with Crippen LogP contribution in [-0.4, -0.2) is 13.4 Å². The van der Waals surface area contributed by atoms with Crippen LogP contribution < -0.4 is 4.74 Å². The molecule has 0 aromatic heterocycles. The third kappa shape index (κ3) is 5.75. The van der Waals surface area contributed by atoms with Crippen LogP contribution in [-0.2, 0) is 4.79 Å². The lowest BCUT2D eigenvalue weighted by Gasteiger charge is -2.36. The summed E-state index contributed by atoms with van der Waals surface area (Å²) in [6, 6.07) is 1.55. The fourth-order valence-electron chi connectivity index (χ4n) is 4.16. The molecule has 146 valence electrons. The molecule has 0 aliphatic heterocycles. The van der Waals surface area contributed by atoms with E-state index in [-0.39, 0.29) is 5.75 Å². The Kier molecular flexibility index (Phi) is 7.98. The van der Waals surface area contributed by atoms with Crippen molar-refractivity contribution in [3.63, 3.8) is 0 Å². The Morgan fingerprint density at radius 1 is 0.885 bits per heavy atom. The summed E-state index contributed by atoms with van der Waals surface area (Å²) in [5.41, 5.74) is 0. The first-order valence-electron chi connectivity index (χ1n) is 9.58. The normalized spacial score (nSPS) is 28.7. The smallest absolute Gasteiger partial charge is 0.194 e. The number of aldehydes is 1. The van der Waals surface area contributed by atoms with E-state index in [0.29, 0.717) is 5.92 Å². The van der Waals surface area contributed by atoms with Gasteiger partial charge in [-0.1, -0.05) is 19.8 Å². The molecule has 2 fully saturated rings. The predicted octanol–water partition coefficient (Wildman–Crippen LogP) is 5.93. The van der Waals surface area contributed by atoms with Gasteiger partial charge in [-0.15, -0.1) is 0 Å². The van der Waals surface area contributed by atoms with Gasteiger partial charge in [0.15, 0.2) is 17.5 Å². The van der Waals surface area contributed by atoms with Gasteiger partial charge < -0.3 is 9.53 Å². The number of benzene rings is 1. The van der Waals surface area contributed by atoms with Crippen molar-refractivity contribution in [2.45, 2.75) is 58.3 Å². The van der Waals surface area contributed by atoms with Crippen LogP contribution in [0.3, 0.4) is 0 Å². The van der Waals surface area contributed by atoms with E-state index in [9.17, 15) is 18.0 Å². The summed E-state index contributed by atoms with van der Waals surface area (Å²) in [6.45, 7) is 2.39. The van der Waals surface area contributed by atoms with E-state index in [1.807, 2.05) is 0 Å². The van der Waals surface area contributed by atoms with Crippen molar-refractivity contribution < 1.29 is 22.7 Å². The van der Waals surface area contributed by atoms with Gasteiger partial charge >= 0.3 is 0 Å². The lowest BCUT2D eigenvalue weighted by Crippen LogP contribution is -2.25. The number of ether oxygens (including phenoxy) is 1. The van der Waals surface area contributed by atoms with Crippen LogP contribution in [0.4, 0.5) is 13.2 Å². The van der Waals surface area contributed by atoms with Gasteiger partial charge in [0, 0.05) is 18.1 Å². The average molecular weight is 370 g/mol. The van der Waals surface area contributed by atoms with E-state index in [4.69, 9.17) is 0 Å². The number of carbonyl (C=O) groups is 1. The molecule has 1 aromatic carbocycles. The molecule has 0 unspecified atom stereocenters. The Balaban J connectivity index is 0.000000197. The summed E-state index contributed by atoms with van der Waals surface area (Å²) >= 11 is 0. The Morgan fingerprint density at radius 2 is 1.35 bits per heavy atom. The van der Waals surface area contributed by atoms with E-state index >= 15 is 0 Å². The largest absolute Gasteiger partial charge is 0.497 e. The van der Waals surface area contributed by atoms with E-state index < -0.39 is 17.5 Å². The third-order valence-electron chi connectivity index (χ3n) is 5.93. The summed E-state index contributed by atoms with van der Waals surface area (Å²) in [6.07, 6.45) is 12.0. The number of carbonyl (C=O) groups excluding carboxylic acids is 1. The van der Waals surface area contributed by atoms with Gasteiger partial charge in [-0.25, -0.2) is 13.2 Å². The summed E-state index contributed by atoms with van der Waals surface area (Å²) in [7, 11) is 1.24. The first kappa shape index (κ1) is 20.8. The molecule has 26 heavy (non-hydrogen) atoms. The molecule has 0 bridgehead atoms. The van der Waals surface area contributed by atoms with Crippen LogP contribution in [0.1, 0.15) is 58.3 Å². The Hall–Kier alpha value is -1.52. The Labute approximate surface area is 154 Å². The maximum atomic E-state index is 12.3. The van der Waals surface area contributed by atoms with E-state index in [1.54, 1.807) is 0 Å². The van der Waals surface area contributed by atoms with Crippen molar-refractivity contribution in [1.82, 2.24) is 0 Å². The van der Waals surface area contributed by atoms with Gasteiger partial charge in [-0.3, -0.25) is 0 Å². The van der Waals surface area contributed by atoms with Gasteiger partial charge in [0.25, 0.3) is 0 Å². The topological polar surface area (TPSA) is 26.3 Å². The molecule has 0 heterocycles. The molecule has 2 nitrogen and oxygen atoms in total. The van der Waals surface area contributed by atoms with Crippen molar-refractivity contribution in [2.24, 2.45) is 23.7 Å². The second-order valence-electron chi connectivity index (χ2n) is 7.74. The van der Waals surface area contributed by atoms with Crippen LogP contribution >= 0.6 is 0 Å². The third-order valence-corrected chi connectivity index (χ3v) is 5.93. The molecule has 0 radical (unpaired) electrons. The Morgan fingerprint density at radius 3 is 1.77 bits per heavy atom. The maximum Gasteiger partial charge on any atom is 0.194 e. The zero-order valence-corrected chi connectivity index (χ0v) is 15.6. The van der Waals surface area contributed by atoms with Crippen LogP contribution in [0.25, 0.3) is 0 Å². The summed E-state index contributed by atoms with van der Waals surface area (Å²) in [4.78, 5) is 10.7. The van der Waals surface area contributed by atoms with Gasteiger partial charge in [0.1, 0.15) is 12.0 Å². The average Bonchev–Trinajstić information content (AvgIpc) is 2.67. The van der Waals surface area contributed by atoms with E-state index in [0.717, 1.165) is 29.9 Å². The van der Waals surface area contributed by atoms with Crippen molar-refractivity contribution >= 4 is 6.29 Å². The quantitative estimate of drug-likeness (QED) is 0.487. The molecule has 0 N–H and O–H groups in total. The van der Waals surface area contributed by atoms with E-state index in [2.05, 4.69) is 11.7 Å². The van der Waals surface area contributed by atoms with Crippen LogP contribution in [0.2, 0.25) is 0 Å². The van der Waals surface area contributed by atoms with Crippen LogP contribution in [0, 0.1) is 41.1 Å². The summed E-state index contributed by atoms with van der Waals surface area (Å²) in [5, 5.41) is 0. The zero-order valence-electron chi connectivity index (χ0n) is 15.6. The highest BCUT2D eigenvalue weighted by Gasteiger charge is 2.29. The standard InChI is InChI=1S/C14H24O.C7H5F3O/c1-11-2-6-13(7-3-11)14-8-4-12(10-15)5-9-14;1-11-4-2-5(8)7(10)6(9)3-4/h10-14H,2-9H2,1H3;2-3H,1H3. The molecule has 2 aliphatic rings. The molecular formula is C21H29F3O2. The maximum absolute atomic E-state index is 12.3. The van der Waals surface area contributed by atoms with Crippen LogP contribution in [0.5, 0.6) is 5.75 Å². The fraction of sp³-hybridized carbons (Fsp3) is 0.667. The predicted molar refractivity (Wildman–Crippen MR) is 95.5 cm³/mol. The number of rotatable bonds is 3. The van der Waals surface area contributed by atoms with Crippen molar-refractivity contribution in [3.8, 4) is 5.75 Å². The molecule has 5 heteroatoms. The first-order valence-corrected chi connectivity index (χ1v) is 9.58. The number of hydrogen-bond donors (Lipinski definition) is 0.